The van der Waals surface area contributed by atoms with Gasteiger partial charge in [0.2, 0.25) is 0 Å². The Balaban J connectivity index is 1.62. The highest BCUT2D eigenvalue weighted by atomic mass is 16.6. The number of aryl methyl sites for hydroxylation is 3. The average molecular weight is 512 g/mol. The third-order valence-corrected chi connectivity index (χ3v) is 7.24. The van der Waals surface area contributed by atoms with Crippen LogP contribution in [-0.4, -0.2) is 64.3 Å². The molecule has 0 bridgehead atoms. The molecule has 37 heavy (non-hydrogen) atoms. The molecule has 1 aliphatic heterocycles. The second-order valence-corrected chi connectivity index (χ2v) is 10.00. The van der Waals surface area contributed by atoms with Gasteiger partial charge in [0.15, 0.2) is 0 Å². The number of rotatable bonds is 10. The largest absolute Gasteiger partial charge is 0.460 e. The van der Waals surface area contributed by atoms with E-state index in [9.17, 15) is 14.7 Å². The van der Waals surface area contributed by atoms with Crippen LogP contribution in [-0.2, 0) is 32.5 Å². The summed E-state index contributed by atoms with van der Waals surface area (Å²) in [7, 11) is 3.33. The van der Waals surface area contributed by atoms with E-state index in [1.165, 1.54) is 0 Å². The third kappa shape index (κ3) is 5.79. The van der Waals surface area contributed by atoms with Crippen LogP contribution < -0.4 is 5.56 Å². The van der Waals surface area contributed by atoms with Gasteiger partial charge in [-0.2, -0.15) is 0 Å². The third-order valence-electron chi connectivity index (χ3n) is 7.24. The minimum Gasteiger partial charge on any atom is -0.460 e. The van der Waals surface area contributed by atoms with Crippen LogP contribution in [0.25, 0.3) is 22.4 Å². The minimum absolute atomic E-state index is 0.0459. The molecule has 4 atom stereocenters. The number of imidazole rings is 1. The molecule has 1 fully saturated rings. The zero-order valence-corrected chi connectivity index (χ0v) is 22.3. The van der Waals surface area contributed by atoms with Crippen molar-refractivity contribution in [2.24, 2.45) is 13.0 Å². The second kappa shape index (κ2) is 11.6. The Morgan fingerprint density at radius 2 is 2.08 bits per heavy atom. The van der Waals surface area contributed by atoms with Crippen molar-refractivity contribution in [3.8, 4) is 11.4 Å². The summed E-state index contributed by atoms with van der Waals surface area (Å²) in [5, 5.41) is 9.95. The summed E-state index contributed by atoms with van der Waals surface area (Å²) < 4.78 is 20.1. The van der Waals surface area contributed by atoms with E-state index in [1.54, 1.807) is 31.8 Å². The molecule has 1 N–H and O–H groups in total. The molecule has 1 saturated heterocycles. The SMILES string of the molecule is COC(C)C(CCc1ccc2c(c1)nc(-c1cc(C)c(=O)n(C)c1)n2[C@@H](C)CO)C(=O)OC1CCOC1. The molecule has 9 nitrogen and oxygen atoms in total. The van der Waals surface area contributed by atoms with E-state index in [2.05, 4.69) is 0 Å². The number of benzene rings is 1. The van der Waals surface area contributed by atoms with Crippen LogP contribution in [0.15, 0.2) is 35.3 Å². The Morgan fingerprint density at radius 3 is 2.73 bits per heavy atom. The van der Waals surface area contributed by atoms with Crippen molar-refractivity contribution < 1.29 is 24.1 Å². The first kappa shape index (κ1) is 27.0. The molecule has 0 saturated carbocycles. The standard InChI is InChI=1S/C28H37N3O6/c1-17-12-21(14-30(4)27(17)33)26-29-24-13-20(7-9-25(24)31(26)18(2)15-32)6-8-23(19(3)35-5)28(34)37-22-10-11-36-16-22/h7,9,12-14,18-19,22-23,32H,6,8,10-11,15-16H2,1-5H3/t18-,19?,22?,23?/m0/s1. The molecule has 200 valence electrons. The molecular formula is C28H37N3O6. The van der Waals surface area contributed by atoms with E-state index < -0.39 is 5.92 Å². The van der Waals surface area contributed by atoms with Crippen LogP contribution in [0, 0.1) is 12.8 Å². The summed E-state index contributed by atoms with van der Waals surface area (Å²) in [5.41, 5.74) is 4.12. The van der Waals surface area contributed by atoms with Gasteiger partial charge in [0, 0.05) is 37.9 Å². The Kier molecular flexibility index (Phi) is 8.46. The highest BCUT2D eigenvalue weighted by molar-refractivity contribution is 5.81. The highest BCUT2D eigenvalue weighted by Gasteiger charge is 2.30. The zero-order valence-electron chi connectivity index (χ0n) is 22.3. The summed E-state index contributed by atoms with van der Waals surface area (Å²) in [4.78, 5) is 30.0. The van der Waals surface area contributed by atoms with Crippen molar-refractivity contribution in [1.82, 2.24) is 14.1 Å². The van der Waals surface area contributed by atoms with Crippen LogP contribution in [0.1, 0.15) is 43.9 Å². The topological polar surface area (TPSA) is 105 Å². The normalized spacial score (nSPS) is 18.2. The number of aliphatic hydroxyl groups is 1. The molecule has 0 aliphatic carbocycles. The van der Waals surface area contributed by atoms with Crippen molar-refractivity contribution in [3.05, 3.63) is 51.9 Å². The van der Waals surface area contributed by atoms with Crippen LogP contribution in [0.3, 0.4) is 0 Å². The molecular weight excluding hydrogens is 474 g/mol. The Labute approximate surface area is 217 Å². The lowest BCUT2D eigenvalue weighted by atomic mass is 9.94. The van der Waals surface area contributed by atoms with Crippen molar-refractivity contribution in [2.75, 3.05) is 26.9 Å². The summed E-state index contributed by atoms with van der Waals surface area (Å²) in [5.74, 6) is 0.0531. The van der Waals surface area contributed by atoms with E-state index in [4.69, 9.17) is 19.2 Å². The fourth-order valence-electron chi connectivity index (χ4n) is 4.92. The molecule has 3 aromatic rings. The van der Waals surface area contributed by atoms with E-state index in [1.807, 2.05) is 42.7 Å². The van der Waals surface area contributed by atoms with Gasteiger partial charge in [-0.15, -0.1) is 0 Å². The van der Waals surface area contributed by atoms with Crippen LogP contribution in [0.2, 0.25) is 0 Å². The number of hydrogen-bond donors (Lipinski definition) is 1. The predicted molar refractivity (Wildman–Crippen MR) is 141 cm³/mol. The lowest BCUT2D eigenvalue weighted by Gasteiger charge is -2.23. The van der Waals surface area contributed by atoms with Crippen LogP contribution in [0.4, 0.5) is 0 Å². The van der Waals surface area contributed by atoms with E-state index >= 15 is 0 Å². The molecule has 9 heteroatoms. The number of ether oxygens (including phenoxy) is 3. The molecule has 4 rings (SSSR count). The van der Waals surface area contributed by atoms with Gasteiger partial charge in [-0.1, -0.05) is 6.07 Å². The maximum atomic E-state index is 12.9. The minimum atomic E-state index is -0.391. The maximum Gasteiger partial charge on any atom is 0.311 e. The number of methoxy groups -OCH3 is 1. The number of carbonyl (C=O) groups is 1. The summed E-state index contributed by atoms with van der Waals surface area (Å²) in [6, 6.07) is 7.70. The number of esters is 1. The molecule has 0 spiro atoms. The smallest absolute Gasteiger partial charge is 0.311 e. The first-order valence-corrected chi connectivity index (χ1v) is 12.8. The van der Waals surface area contributed by atoms with Crippen molar-refractivity contribution in [3.63, 3.8) is 0 Å². The Hall–Kier alpha value is -3.01. The molecule has 0 amide bonds. The number of hydrogen-bond acceptors (Lipinski definition) is 7. The molecule has 3 unspecified atom stereocenters. The summed E-state index contributed by atoms with van der Waals surface area (Å²) >= 11 is 0. The predicted octanol–water partition coefficient (Wildman–Crippen LogP) is 3.18. The fraction of sp³-hybridized carbons (Fsp3) is 0.536. The summed E-state index contributed by atoms with van der Waals surface area (Å²) in [6.07, 6.45) is 3.27. The number of aromatic nitrogens is 3. The molecule has 0 radical (unpaired) electrons. The van der Waals surface area contributed by atoms with Gasteiger partial charge in [-0.05, 0) is 57.4 Å². The quantitative estimate of drug-likeness (QED) is 0.417. The summed E-state index contributed by atoms with van der Waals surface area (Å²) in [6.45, 7) is 6.63. The number of carbonyl (C=O) groups excluding carboxylic acids is 1. The lowest BCUT2D eigenvalue weighted by Crippen LogP contribution is -2.32. The maximum absolute atomic E-state index is 12.9. The average Bonchev–Trinajstić information content (AvgIpc) is 3.53. The molecule has 3 heterocycles. The van der Waals surface area contributed by atoms with Crippen LogP contribution >= 0.6 is 0 Å². The van der Waals surface area contributed by atoms with E-state index in [-0.39, 0.29) is 36.4 Å². The van der Waals surface area contributed by atoms with Crippen molar-refractivity contribution in [2.45, 2.75) is 58.3 Å². The number of nitrogens with zero attached hydrogens (tertiary/aromatic N) is 3. The van der Waals surface area contributed by atoms with E-state index in [0.29, 0.717) is 37.4 Å². The first-order chi connectivity index (χ1) is 17.7. The second-order valence-electron chi connectivity index (χ2n) is 10.00. The van der Waals surface area contributed by atoms with Gasteiger partial charge in [0.1, 0.15) is 11.9 Å². The van der Waals surface area contributed by atoms with Crippen molar-refractivity contribution >= 4 is 17.0 Å². The Morgan fingerprint density at radius 1 is 1.30 bits per heavy atom. The number of aliphatic hydroxyl groups excluding tert-OH is 1. The van der Waals surface area contributed by atoms with Gasteiger partial charge < -0.3 is 28.5 Å². The van der Waals surface area contributed by atoms with Gasteiger partial charge in [0.25, 0.3) is 5.56 Å². The van der Waals surface area contributed by atoms with E-state index in [0.717, 1.165) is 28.6 Å². The molecule has 2 aromatic heterocycles. The Bertz CT molecular complexity index is 1280. The van der Waals surface area contributed by atoms with Crippen molar-refractivity contribution in [1.29, 1.82) is 0 Å². The molecule has 1 aliphatic rings. The zero-order chi connectivity index (χ0) is 26.7. The number of pyridine rings is 1. The van der Waals surface area contributed by atoms with Gasteiger partial charge in [-0.3, -0.25) is 9.59 Å². The fourth-order valence-corrected chi connectivity index (χ4v) is 4.92. The van der Waals surface area contributed by atoms with Crippen LogP contribution in [0.5, 0.6) is 0 Å². The van der Waals surface area contributed by atoms with Gasteiger partial charge in [-0.25, -0.2) is 4.98 Å². The van der Waals surface area contributed by atoms with Gasteiger partial charge in [0.05, 0.1) is 48.9 Å². The first-order valence-electron chi connectivity index (χ1n) is 12.8. The number of fused-ring (bicyclic) bond motifs is 1. The molecule has 1 aromatic carbocycles. The highest BCUT2D eigenvalue weighted by Crippen LogP contribution is 2.30. The lowest BCUT2D eigenvalue weighted by molar-refractivity contribution is -0.158. The van der Waals surface area contributed by atoms with Gasteiger partial charge >= 0.3 is 5.97 Å². The monoisotopic (exact) mass is 511 g/mol.